The summed E-state index contributed by atoms with van der Waals surface area (Å²) in [5.41, 5.74) is 1.43. The zero-order valence-electron chi connectivity index (χ0n) is 33.7. The van der Waals surface area contributed by atoms with Crippen LogP contribution in [0.1, 0.15) is 0 Å². The highest BCUT2D eigenvalue weighted by molar-refractivity contribution is 7.92. The minimum absolute atomic E-state index is 0. The van der Waals surface area contributed by atoms with E-state index in [0.717, 1.165) is 22.8 Å². The van der Waals surface area contributed by atoms with Crippen LogP contribution in [0.25, 0.3) is 43.4 Å². The van der Waals surface area contributed by atoms with Gasteiger partial charge in [-0.05, 0) is 75.4 Å². The lowest BCUT2D eigenvalue weighted by Gasteiger charge is -2.27. The average Bonchev–Trinajstić information content (AvgIpc) is 3.82. The molecular weight excluding hydrogens is 879 g/mol. The highest BCUT2D eigenvalue weighted by Gasteiger charge is 2.33. The SMILES string of the molecule is CN(C)CC1Cn2nc(S(=O)(=O)c3cccc4ccccc34)c3cccc(c32)O1.CNC.Cl.Cl.O=S(=O)(c1cccc2ccccc12)c1nn2c3c(cccc13)OC(CCl)C2. The summed E-state index contributed by atoms with van der Waals surface area (Å²) in [6, 6.07) is 36.4. The minimum Gasteiger partial charge on any atom is -0.485 e. The summed E-state index contributed by atoms with van der Waals surface area (Å²) in [5.74, 6) is 1.59. The number of rotatable bonds is 7. The highest BCUT2D eigenvalue weighted by Crippen LogP contribution is 2.39. The number of nitrogens with one attached hydrogen (secondary N) is 1. The predicted molar refractivity (Wildman–Crippen MR) is 246 cm³/mol. The molecule has 0 saturated carbocycles. The van der Waals surface area contributed by atoms with E-state index >= 15 is 0 Å². The predicted octanol–water partition coefficient (Wildman–Crippen LogP) is 8.05. The van der Waals surface area contributed by atoms with E-state index in [1.54, 1.807) is 51.8 Å². The van der Waals surface area contributed by atoms with E-state index < -0.39 is 19.7 Å². The van der Waals surface area contributed by atoms with Gasteiger partial charge >= 0.3 is 0 Å². The molecule has 0 radical (unpaired) electrons. The lowest BCUT2D eigenvalue weighted by atomic mass is 10.1. The van der Waals surface area contributed by atoms with Crippen molar-refractivity contribution in [2.75, 3.05) is 40.6 Å². The Hall–Kier alpha value is -4.93. The Balaban J connectivity index is 0.000000186. The average molecular weight is 924 g/mol. The van der Waals surface area contributed by atoms with Crippen molar-refractivity contribution in [2.45, 2.75) is 45.1 Å². The van der Waals surface area contributed by atoms with Crippen LogP contribution in [0.5, 0.6) is 11.5 Å². The Bertz CT molecular complexity index is 3080. The fourth-order valence-corrected chi connectivity index (χ4v) is 11.0. The first kappa shape index (κ1) is 45.6. The van der Waals surface area contributed by atoms with Gasteiger partial charge in [-0.2, -0.15) is 10.2 Å². The molecule has 2 unspecified atom stereocenters. The number of ether oxygens (including phenoxy) is 2. The number of para-hydroxylation sites is 2. The largest absolute Gasteiger partial charge is 0.485 e. The first-order valence-corrected chi connectivity index (χ1v) is 22.5. The quantitative estimate of drug-likeness (QED) is 0.156. The van der Waals surface area contributed by atoms with Crippen molar-refractivity contribution in [3.63, 3.8) is 0 Å². The van der Waals surface area contributed by atoms with Crippen LogP contribution in [0.4, 0.5) is 0 Å². The van der Waals surface area contributed by atoms with Crippen molar-refractivity contribution in [3.8, 4) is 11.5 Å². The van der Waals surface area contributed by atoms with E-state index in [2.05, 4.69) is 15.5 Å². The van der Waals surface area contributed by atoms with Crippen molar-refractivity contribution in [1.29, 1.82) is 0 Å². The normalized spacial score (nSPS) is 15.4. The number of hydrogen-bond acceptors (Lipinski definition) is 10. The maximum Gasteiger partial charge on any atom is 0.226 e. The van der Waals surface area contributed by atoms with Gasteiger partial charge in [0.1, 0.15) is 34.7 Å². The number of hydrogen-bond donors (Lipinski definition) is 1. The van der Waals surface area contributed by atoms with E-state index in [0.29, 0.717) is 57.5 Å². The van der Waals surface area contributed by atoms with Gasteiger partial charge in [0, 0.05) is 28.1 Å². The molecule has 0 amide bonds. The number of alkyl halides is 1. The molecule has 61 heavy (non-hydrogen) atoms. The Labute approximate surface area is 372 Å². The zero-order chi connectivity index (χ0) is 41.5. The second kappa shape index (κ2) is 18.6. The van der Waals surface area contributed by atoms with Gasteiger partial charge in [0.05, 0.1) is 28.8 Å². The summed E-state index contributed by atoms with van der Waals surface area (Å²) in [6.45, 7) is 1.65. The van der Waals surface area contributed by atoms with Gasteiger partial charge in [-0.1, -0.05) is 84.9 Å². The van der Waals surface area contributed by atoms with Gasteiger partial charge in [-0.15, -0.1) is 36.4 Å². The van der Waals surface area contributed by atoms with Crippen molar-refractivity contribution >= 4 is 99.4 Å². The molecule has 8 aromatic rings. The lowest BCUT2D eigenvalue weighted by molar-refractivity contribution is 0.130. The molecule has 0 aliphatic carbocycles. The zero-order valence-corrected chi connectivity index (χ0v) is 37.7. The molecule has 12 nitrogen and oxygen atoms in total. The van der Waals surface area contributed by atoms with E-state index in [1.165, 1.54) is 0 Å². The summed E-state index contributed by atoms with van der Waals surface area (Å²) in [6.07, 6.45) is -0.325. The van der Waals surface area contributed by atoms with Crippen LogP contribution < -0.4 is 14.8 Å². The number of halogens is 3. The number of sulfone groups is 2. The van der Waals surface area contributed by atoms with E-state index in [9.17, 15) is 16.8 Å². The molecule has 0 saturated heterocycles. The van der Waals surface area contributed by atoms with Crippen molar-refractivity contribution in [1.82, 2.24) is 29.8 Å². The monoisotopic (exact) mass is 922 g/mol. The number of aromatic nitrogens is 4. The first-order valence-electron chi connectivity index (χ1n) is 19.0. The number of likely N-dealkylation sites (N-methyl/N-ethyl adjacent to an activating group) is 1. The summed E-state index contributed by atoms with van der Waals surface area (Å²) >= 11 is 5.96. The van der Waals surface area contributed by atoms with Crippen LogP contribution in [0, 0.1) is 0 Å². The van der Waals surface area contributed by atoms with Crippen molar-refractivity contribution in [2.24, 2.45) is 0 Å². The van der Waals surface area contributed by atoms with E-state index in [1.807, 2.05) is 112 Å². The third-order valence-corrected chi connectivity index (χ3v) is 13.9. The molecular formula is C44H45Cl3N6O6S2. The number of nitrogens with zero attached hydrogens (tertiary/aromatic N) is 5. The molecule has 2 aliphatic heterocycles. The van der Waals surface area contributed by atoms with Crippen molar-refractivity contribution in [3.05, 3.63) is 121 Å². The molecule has 6 aromatic carbocycles. The van der Waals surface area contributed by atoms with Gasteiger partial charge in [0.25, 0.3) is 0 Å². The second-order valence-electron chi connectivity index (χ2n) is 14.6. The molecule has 320 valence electrons. The smallest absolute Gasteiger partial charge is 0.226 e. The topological polar surface area (TPSA) is 138 Å². The lowest BCUT2D eigenvalue weighted by Crippen LogP contribution is -2.36. The van der Waals surface area contributed by atoms with Gasteiger partial charge in [0.15, 0.2) is 10.1 Å². The molecule has 10 rings (SSSR count). The van der Waals surface area contributed by atoms with Crippen molar-refractivity contribution < 1.29 is 26.3 Å². The molecule has 4 heterocycles. The first-order chi connectivity index (χ1) is 28.5. The van der Waals surface area contributed by atoms with Gasteiger partial charge in [0.2, 0.25) is 19.7 Å². The maximum absolute atomic E-state index is 13.7. The summed E-state index contributed by atoms with van der Waals surface area (Å²) in [7, 11) is 0.0962. The third kappa shape index (κ3) is 8.50. The highest BCUT2D eigenvalue weighted by atomic mass is 35.5. The third-order valence-electron chi connectivity index (χ3n) is 10.1. The molecule has 1 N–H and O–H groups in total. The van der Waals surface area contributed by atoms with Crippen LogP contribution in [0.2, 0.25) is 0 Å². The Morgan fingerprint density at radius 1 is 0.607 bits per heavy atom. The molecule has 2 aliphatic rings. The minimum atomic E-state index is -3.82. The molecule has 17 heteroatoms. The van der Waals surface area contributed by atoms with E-state index in [-0.39, 0.29) is 56.9 Å². The summed E-state index contributed by atoms with van der Waals surface area (Å²) in [4.78, 5) is 2.58. The fourth-order valence-electron chi connectivity index (χ4n) is 7.67. The van der Waals surface area contributed by atoms with Crippen LogP contribution in [0.15, 0.2) is 141 Å². The van der Waals surface area contributed by atoms with E-state index in [4.69, 9.17) is 21.1 Å². The Morgan fingerprint density at radius 2 is 0.984 bits per heavy atom. The van der Waals surface area contributed by atoms with Gasteiger partial charge in [-0.3, -0.25) is 9.36 Å². The molecule has 0 fully saturated rings. The standard InChI is InChI=1S/C22H21N3O3S.C20H15ClN2O3S.C2H7N.2ClH/c1-24(2)13-16-14-25-21-18(10-6-11-19(21)28-16)22(23-25)29(26,27)20-12-5-8-15-7-3-4-9-17(15)20;21-11-14-12-23-19-16(8-4-9-17(19)26-14)20(22-23)27(24,25)18-10-3-6-13-5-1-2-7-15(13)18;1-3-2;;/h3-12,16H,13-14H2,1-2H3;1-10,14H,11-12H2;3H,1-2H3;2*1H. The van der Waals surface area contributed by atoms with Crippen LogP contribution >= 0.6 is 36.4 Å². The number of fused-ring (bicyclic) bond motifs is 2. The number of benzene rings is 6. The molecule has 0 spiro atoms. The van der Waals surface area contributed by atoms with Crippen LogP contribution in [0.3, 0.4) is 0 Å². The maximum atomic E-state index is 13.7. The Kier molecular flexibility index (Phi) is 13.9. The van der Waals surface area contributed by atoms with Crippen LogP contribution in [-0.2, 0) is 32.8 Å². The fraction of sp³-hybridized carbons (Fsp3) is 0.227. The molecule has 2 aromatic heterocycles. The summed E-state index contributed by atoms with van der Waals surface area (Å²) < 4.78 is 69.8. The van der Waals surface area contributed by atoms with Gasteiger partial charge < -0.3 is 19.7 Å². The molecule has 2 atom stereocenters. The molecule has 0 bridgehead atoms. The summed E-state index contributed by atoms with van der Waals surface area (Å²) in [5, 5.41) is 16.2. The Morgan fingerprint density at radius 3 is 1.43 bits per heavy atom. The van der Waals surface area contributed by atoms with Crippen LogP contribution in [-0.4, -0.2) is 94.1 Å². The second-order valence-corrected chi connectivity index (χ2v) is 18.6. The van der Waals surface area contributed by atoms with Gasteiger partial charge in [-0.25, -0.2) is 16.8 Å².